The molecule has 0 spiro atoms. The molecule has 10 heteroatoms. The number of carbonyl (C=O) groups is 2. The third-order valence-electron chi connectivity index (χ3n) is 5.05. The van der Waals surface area contributed by atoms with E-state index in [4.69, 9.17) is 9.47 Å². The summed E-state index contributed by atoms with van der Waals surface area (Å²) in [6.45, 7) is 5.87. The fourth-order valence-electron chi connectivity index (χ4n) is 3.26. The van der Waals surface area contributed by atoms with Gasteiger partial charge in [0.05, 0.1) is 12.0 Å². The number of halogens is 1. The average molecular weight is 476 g/mol. The van der Waals surface area contributed by atoms with Crippen molar-refractivity contribution >= 4 is 17.5 Å². The first kappa shape index (κ1) is 26.6. The summed E-state index contributed by atoms with van der Waals surface area (Å²) in [5.74, 6) is -0.716. The highest BCUT2D eigenvalue weighted by atomic mass is 19.1. The molecule has 0 saturated carbocycles. The minimum absolute atomic E-state index is 0.00221. The van der Waals surface area contributed by atoms with Crippen molar-refractivity contribution in [1.82, 2.24) is 10.2 Å². The maximum Gasteiger partial charge on any atom is 0.311 e. The maximum atomic E-state index is 13.3. The lowest BCUT2D eigenvalue weighted by molar-refractivity contribution is -0.385. The Morgan fingerprint density at radius 3 is 2.41 bits per heavy atom. The van der Waals surface area contributed by atoms with E-state index in [1.807, 2.05) is 13.8 Å². The van der Waals surface area contributed by atoms with Crippen LogP contribution in [0.2, 0.25) is 0 Å². The number of benzene rings is 2. The molecule has 0 bridgehead atoms. The van der Waals surface area contributed by atoms with Gasteiger partial charge in [-0.25, -0.2) is 4.39 Å². The lowest BCUT2D eigenvalue weighted by Gasteiger charge is -2.30. The second-order valence-corrected chi connectivity index (χ2v) is 8.09. The third-order valence-corrected chi connectivity index (χ3v) is 5.05. The second-order valence-electron chi connectivity index (χ2n) is 8.09. The van der Waals surface area contributed by atoms with Gasteiger partial charge in [0.15, 0.2) is 6.61 Å². The molecule has 9 nitrogen and oxygen atoms in total. The van der Waals surface area contributed by atoms with Crippen molar-refractivity contribution < 1.29 is 28.4 Å². The summed E-state index contributed by atoms with van der Waals surface area (Å²) in [7, 11) is 1.29. The predicted octanol–water partition coefficient (Wildman–Crippen LogP) is 3.70. The Bertz CT molecular complexity index is 997. The minimum Gasteiger partial charge on any atom is -0.490 e. The molecule has 1 N–H and O–H groups in total. The van der Waals surface area contributed by atoms with Crippen LogP contribution in [-0.4, -0.2) is 47.9 Å². The van der Waals surface area contributed by atoms with Gasteiger partial charge in [-0.1, -0.05) is 32.9 Å². The number of hydrogen-bond acceptors (Lipinski definition) is 6. The van der Waals surface area contributed by atoms with Gasteiger partial charge in [-0.3, -0.25) is 19.7 Å². The number of amides is 2. The molecule has 0 saturated heterocycles. The van der Waals surface area contributed by atoms with E-state index < -0.39 is 29.3 Å². The minimum atomic E-state index is -0.758. The van der Waals surface area contributed by atoms with E-state index in [-0.39, 0.29) is 35.6 Å². The fraction of sp³-hybridized carbons (Fsp3) is 0.417. The summed E-state index contributed by atoms with van der Waals surface area (Å²) < 4.78 is 23.9. The molecule has 0 aliphatic heterocycles. The lowest BCUT2D eigenvalue weighted by atomic mass is 10.1. The topological polar surface area (TPSA) is 111 Å². The number of nitro benzene ring substituents is 1. The maximum absolute atomic E-state index is 13.3. The molecular formula is C24H30FN3O6. The zero-order valence-corrected chi connectivity index (χ0v) is 19.7. The van der Waals surface area contributed by atoms with E-state index in [1.165, 1.54) is 42.3 Å². The molecular weight excluding hydrogens is 445 g/mol. The van der Waals surface area contributed by atoms with Crippen LogP contribution in [0.1, 0.15) is 32.8 Å². The van der Waals surface area contributed by atoms with Gasteiger partial charge in [-0.15, -0.1) is 0 Å². The smallest absolute Gasteiger partial charge is 0.311 e. The van der Waals surface area contributed by atoms with Gasteiger partial charge in [0, 0.05) is 25.2 Å². The fourth-order valence-corrected chi connectivity index (χ4v) is 3.26. The van der Waals surface area contributed by atoms with Crippen LogP contribution in [0.3, 0.4) is 0 Å². The Labute approximate surface area is 198 Å². The summed E-state index contributed by atoms with van der Waals surface area (Å²) in [5, 5.41) is 13.9. The van der Waals surface area contributed by atoms with Crippen molar-refractivity contribution in [3.05, 3.63) is 64.0 Å². The molecule has 1 atom stereocenters. The molecule has 2 aromatic rings. The quantitative estimate of drug-likeness (QED) is 0.370. The highest BCUT2D eigenvalue weighted by Crippen LogP contribution is 2.30. The molecule has 2 aromatic carbocycles. The van der Waals surface area contributed by atoms with Crippen molar-refractivity contribution in [2.75, 3.05) is 20.3 Å². The predicted molar refractivity (Wildman–Crippen MR) is 124 cm³/mol. The Morgan fingerprint density at radius 2 is 1.85 bits per heavy atom. The lowest BCUT2D eigenvalue weighted by Crippen LogP contribution is -2.50. The standard InChI is InChI=1S/C24H30FN3O6/c1-5-20(24(30)26-13-16(2)3)27(14-17-6-8-18(25)9-7-17)23(29)15-34-19-10-11-21(28(31)32)22(12-19)33-4/h6-12,16,20H,5,13-15H2,1-4H3,(H,26,30). The average Bonchev–Trinajstić information content (AvgIpc) is 2.81. The van der Waals surface area contributed by atoms with Crippen LogP contribution in [0.25, 0.3) is 0 Å². The number of nitrogens with zero attached hydrogens (tertiary/aromatic N) is 2. The molecule has 0 fully saturated rings. The van der Waals surface area contributed by atoms with Gasteiger partial charge in [-0.2, -0.15) is 0 Å². The van der Waals surface area contributed by atoms with Crippen molar-refractivity contribution in [2.24, 2.45) is 5.92 Å². The molecule has 34 heavy (non-hydrogen) atoms. The number of carbonyl (C=O) groups excluding carboxylic acids is 2. The van der Waals surface area contributed by atoms with Crippen molar-refractivity contribution in [2.45, 2.75) is 39.8 Å². The first-order chi connectivity index (χ1) is 16.2. The SMILES string of the molecule is CCC(C(=O)NCC(C)C)N(Cc1ccc(F)cc1)C(=O)COc1ccc([N+](=O)[O-])c(OC)c1. The molecule has 1 unspecified atom stereocenters. The number of ether oxygens (including phenoxy) is 2. The first-order valence-electron chi connectivity index (χ1n) is 10.9. The number of rotatable bonds is 12. The van der Waals surface area contributed by atoms with E-state index in [0.29, 0.717) is 18.5 Å². The van der Waals surface area contributed by atoms with E-state index in [1.54, 1.807) is 19.1 Å². The summed E-state index contributed by atoms with van der Waals surface area (Å²) in [6.07, 6.45) is 0.363. The van der Waals surface area contributed by atoms with E-state index >= 15 is 0 Å². The molecule has 0 heterocycles. The number of hydrogen-bond donors (Lipinski definition) is 1. The largest absolute Gasteiger partial charge is 0.490 e. The summed E-state index contributed by atoms with van der Waals surface area (Å²) in [6, 6.07) is 8.84. The summed E-state index contributed by atoms with van der Waals surface area (Å²) in [4.78, 5) is 37.9. The van der Waals surface area contributed by atoms with Crippen LogP contribution in [0.5, 0.6) is 11.5 Å². The van der Waals surface area contributed by atoms with Crippen LogP contribution >= 0.6 is 0 Å². The highest BCUT2D eigenvalue weighted by Gasteiger charge is 2.29. The summed E-state index contributed by atoms with van der Waals surface area (Å²) >= 11 is 0. The molecule has 184 valence electrons. The molecule has 0 aromatic heterocycles. The van der Waals surface area contributed by atoms with Crippen molar-refractivity contribution in [1.29, 1.82) is 0 Å². The Kier molecular flexibility index (Phi) is 9.78. The number of methoxy groups -OCH3 is 1. The Balaban J connectivity index is 2.22. The van der Waals surface area contributed by atoms with Gasteiger partial charge in [-0.05, 0) is 36.1 Å². The van der Waals surface area contributed by atoms with Gasteiger partial charge >= 0.3 is 5.69 Å². The van der Waals surface area contributed by atoms with Gasteiger partial charge in [0.1, 0.15) is 17.6 Å². The molecule has 0 aliphatic rings. The van der Waals surface area contributed by atoms with Crippen LogP contribution in [-0.2, 0) is 16.1 Å². The zero-order chi connectivity index (χ0) is 25.3. The Morgan fingerprint density at radius 1 is 1.18 bits per heavy atom. The van der Waals surface area contributed by atoms with Gasteiger partial charge < -0.3 is 19.7 Å². The van der Waals surface area contributed by atoms with Crippen molar-refractivity contribution in [3.63, 3.8) is 0 Å². The first-order valence-corrected chi connectivity index (χ1v) is 10.9. The van der Waals surface area contributed by atoms with Crippen LogP contribution in [0.15, 0.2) is 42.5 Å². The molecule has 0 aliphatic carbocycles. The van der Waals surface area contributed by atoms with E-state index in [0.717, 1.165) is 0 Å². The van der Waals surface area contributed by atoms with Gasteiger partial charge in [0.2, 0.25) is 11.7 Å². The third kappa shape index (κ3) is 7.43. The number of nitro groups is 1. The van der Waals surface area contributed by atoms with Crippen LogP contribution in [0.4, 0.5) is 10.1 Å². The Hall–Kier alpha value is -3.69. The summed E-state index contributed by atoms with van der Waals surface area (Å²) in [5.41, 5.74) is 0.425. The molecule has 2 amide bonds. The van der Waals surface area contributed by atoms with E-state index in [2.05, 4.69) is 5.32 Å². The normalized spacial score (nSPS) is 11.6. The highest BCUT2D eigenvalue weighted by molar-refractivity contribution is 5.88. The number of nitrogens with one attached hydrogen (secondary N) is 1. The van der Waals surface area contributed by atoms with E-state index in [9.17, 15) is 24.1 Å². The second kappa shape index (κ2) is 12.5. The van der Waals surface area contributed by atoms with Crippen LogP contribution < -0.4 is 14.8 Å². The van der Waals surface area contributed by atoms with Crippen molar-refractivity contribution in [3.8, 4) is 11.5 Å². The monoisotopic (exact) mass is 475 g/mol. The van der Waals surface area contributed by atoms with Gasteiger partial charge in [0.25, 0.3) is 5.91 Å². The zero-order valence-electron chi connectivity index (χ0n) is 19.7. The van der Waals surface area contributed by atoms with Crippen LogP contribution in [0, 0.1) is 21.8 Å². The molecule has 0 radical (unpaired) electrons. The molecule has 2 rings (SSSR count).